The number of nitrogens with one attached hydrogen (secondary N) is 1. The third-order valence-electron chi connectivity index (χ3n) is 4.83. The van der Waals surface area contributed by atoms with E-state index in [0.29, 0.717) is 27.3 Å². The molecule has 0 fully saturated rings. The molecule has 8 heteroatoms. The predicted molar refractivity (Wildman–Crippen MR) is 114 cm³/mol. The summed E-state index contributed by atoms with van der Waals surface area (Å²) in [6, 6.07) is 13.4. The number of halogens is 1. The largest absolute Gasteiger partial charge is 0.469 e. The molecule has 0 saturated carbocycles. The number of esters is 1. The molecule has 3 aromatic rings. The molecule has 0 saturated heterocycles. The van der Waals surface area contributed by atoms with Gasteiger partial charge in [0.1, 0.15) is 5.82 Å². The smallest absolute Gasteiger partial charge is 0.307 e. The van der Waals surface area contributed by atoms with Gasteiger partial charge in [0, 0.05) is 18.0 Å². The highest BCUT2D eigenvalue weighted by Gasteiger charge is 2.21. The molecule has 1 N–H and O–H groups in total. The minimum absolute atomic E-state index is 0.0445. The number of aromatic nitrogens is 2. The van der Waals surface area contributed by atoms with Gasteiger partial charge in [-0.1, -0.05) is 41.9 Å². The third-order valence-corrected chi connectivity index (χ3v) is 5.17. The van der Waals surface area contributed by atoms with Gasteiger partial charge in [-0.05, 0) is 30.7 Å². The van der Waals surface area contributed by atoms with Gasteiger partial charge >= 0.3 is 5.97 Å². The standard InChI is InChI=1S/C22H22ClN3O4/c1-14-24-18-10-6-4-8-16(18)22(29)26(14)12-11-20(27)25-19(13-21(28)30-2)15-7-3-5-9-17(15)23/h3-10,19H,11-13H2,1-2H3,(H,25,27)/t19-/m0/s1. The quantitative estimate of drug-likeness (QED) is 0.585. The summed E-state index contributed by atoms with van der Waals surface area (Å²) < 4.78 is 6.22. The van der Waals surface area contributed by atoms with Crippen molar-refractivity contribution in [3.63, 3.8) is 0 Å². The highest BCUT2D eigenvalue weighted by Crippen LogP contribution is 2.25. The number of hydrogen-bond donors (Lipinski definition) is 1. The van der Waals surface area contributed by atoms with Crippen LogP contribution in [-0.2, 0) is 20.9 Å². The summed E-state index contributed by atoms with van der Waals surface area (Å²) in [7, 11) is 1.29. The van der Waals surface area contributed by atoms with Crippen molar-refractivity contribution in [2.75, 3.05) is 7.11 Å². The summed E-state index contributed by atoms with van der Waals surface area (Å²) in [5.74, 6) is -0.252. The Morgan fingerprint density at radius 2 is 1.87 bits per heavy atom. The summed E-state index contributed by atoms with van der Waals surface area (Å²) in [6.07, 6.45) is -0.00856. The number of para-hydroxylation sites is 1. The molecule has 0 radical (unpaired) electrons. The second-order valence-electron chi connectivity index (χ2n) is 6.80. The van der Waals surface area contributed by atoms with E-state index in [1.807, 2.05) is 6.07 Å². The molecule has 1 atom stereocenters. The van der Waals surface area contributed by atoms with Gasteiger partial charge < -0.3 is 10.1 Å². The number of hydrogen-bond acceptors (Lipinski definition) is 5. The predicted octanol–water partition coefficient (Wildman–Crippen LogP) is 3.17. The van der Waals surface area contributed by atoms with Crippen molar-refractivity contribution in [2.45, 2.75) is 32.4 Å². The first-order valence-electron chi connectivity index (χ1n) is 9.47. The highest BCUT2D eigenvalue weighted by atomic mass is 35.5. The van der Waals surface area contributed by atoms with Crippen LogP contribution in [0.5, 0.6) is 0 Å². The van der Waals surface area contributed by atoms with Crippen molar-refractivity contribution in [1.29, 1.82) is 0 Å². The SMILES string of the molecule is COC(=O)C[C@H](NC(=O)CCn1c(C)nc2ccccc2c1=O)c1ccccc1Cl. The van der Waals surface area contributed by atoms with E-state index in [1.54, 1.807) is 49.4 Å². The van der Waals surface area contributed by atoms with E-state index in [2.05, 4.69) is 10.3 Å². The molecule has 3 rings (SSSR count). The minimum Gasteiger partial charge on any atom is -0.469 e. The zero-order valence-electron chi connectivity index (χ0n) is 16.7. The van der Waals surface area contributed by atoms with Crippen LogP contribution in [-0.4, -0.2) is 28.5 Å². The average molecular weight is 428 g/mol. The van der Waals surface area contributed by atoms with Crippen LogP contribution in [0, 0.1) is 6.92 Å². The van der Waals surface area contributed by atoms with Gasteiger partial charge in [-0.15, -0.1) is 0 Å². The fraction of sp³-hybridized carbons (Fsp3) is 0.273. The lowest BCUT2D eigenvalue weighted by atomic mass is 10.0. The van der Waals surface area contributed by atoms with Crippen LogP contribution >= 0.6 is 11.6 Å². The van der Waals surface area contributed by atoms with E-state index in [4.69, 9.17) is 16.3 Å². The first kappa shape index (κ1) is 21.5. The summed E-state index contributed by atoms with van der Waals surface area (Å²) >= 11 is 6.24. The molecule has 1 aromatic heterocycles. The van der Waals surface area contributed by atoms with Gasteiger partial charge in [-0.2, -0.15) is 0 Å². The molecule has 1 heterocycles. The molecule has 0 aliphatic carbocycles. The summed E-state index contributed by atoms with van der Waals surface area (Å²) in [6.45, 7) is 1.90. The van der Waals surface area contributed by atoms with Crippen molar-refractivity contribution < 1.29 is 14.3 Å². The van der Waals surface area contributed by atoms with Crippen LogP contribution in [0.4, 0.5) is 0 Å². The van der Waals surface area contributed by atoms with Gasteiger partial charge in [-0.3, -0.25) is 19.0 Å². The molecule has 0 aliphatic rings. The number of benzene rings is 2. The Hall–Kier alpha value is -3.19. The molecule has 30 heavy (non-hydrogen) atoms. The zero-order chi connectivity index (χ0) is 21.7. The molecule has 0 aliphatic heterocycles. The Kier molecular flexibility index (Phi) is 6.84. The number of amides is 1. The Morgan fingerprint density at radius 3 is 2.60 bits per heavy atom. The summed E-state index contributed by atoms with van der Waals surface area (Å²) in [4.78, 5) is 41.6. The first-order chi connectivity index (χ1) is 14.4. The van der Waals surface area contributed by atoms with Gasteiger partial charge in [-0.25, -0.2) is 4.98 Å². The van der Waals surface area contributed by atoms with E-state index < -0.39 is 12.0 Å². The highest BCUT2D eigenvalue weighted by molar-refractivity contribution is 6.31. The van der Waals surface area contributed by atoms with Crippen molar-refractivity contribution >= 4 is 34.4 Å². The lowest BCUT2D eigenvalue weighted by Crippen LogP contribution is -2.33. The number of fused-ring (bicyclic) bond motifs is 1. The number of methoxy groups -OCH3 is 1. The van der Waals surface area contributed by atoms with E-state index in [1.165, 1.54) is 11.7 Å². The van der Waals surface area contributed by atoms with Gasteiger partial charge in [0.2, 0.25) is 5.91 Å². The third kappa shape index (κ3) is 4.86. The molecule has 2 aromatic carbocycles. The number of nitrogens with zero attached hydrogens (tertiary/aromatic N) is 2. The van der Waals surface area contributed by atoms with Crippen LogP contribution in [0.3, 0.4) is 0 Å². The number of rotatable bonds is 7. The van der Waals surface area contributed by atoms with E-state index in [0.717, 1.165) is 0 Å². The van der Waals surface area contributed by atoms with Crippen LogP contribution in [0.1, 0.15) is 30.3 Å². The van der Waals surface area contributed by atoms with Crippen LogP contribution in [0.15, 0.2) is 53.3 Å². The second-order valence-corrected chi connectivity index (χ2v) is 7.21. The van der Waals surface area contributed by atoms with Crippen molar-refractivity contribution in [2.24, 2.45) is 0 Å². The van der Waals surface area contributed by atoms with Crippen molar-refractivity contribution in [3.05, 3.63) is 75.3 Å². The van der Waals surface area contributed by atoms with E-state index >= 15 is 0 Å². The maximum atomic E-state index is 12.7. The van der Waals surface area contributed by atoms with Gasteiger partial charge in [0.05, 0.1) is 30.5 Å². The molecular weight excluding hydrogens is 406 g/mol. The first-order valence-corrected chi connectivity index (χ1v) is 9.85. The molecule has 156 valence electrons. The van der Waals surface area contributed by atoms with Gasteiger partial charge in [0.15, 0.2) is 0 Å². The van der Waals surface area contributed by atoms with Crippen LogP contribution in [0.25, 0.3) is 10.9 Å². The van der Waals surface area contributed by atoms with E-state index in [9.17, 15) is 14.4 Å². The average Bonchev–Trinajstić information content (AvgIpc) is 2.73. The molecule has 1 amide bonds. The van der Waals surface area contributed by atoms with E-state index in [-0.39, 0.29) is 30.9 Å². The maximum absolute atomic E-state index is 12.7. The number of carbonyl (C=O) groups excluding carboxylic acids is 2. The summed E-state index contributed by atoms with van der Waals surface area (Å²) in [5.41, 5.74) is 1.05. The minimum atomic E-state index is -0.633. The monoisotopic (exact) mass is 427 g/mol. The Labute approximate surface area is 178 Å². The maximum Gasteiger partial charge on any atom is 0.307 e. The molecule has 7 nitrogen and oxygen atoms in total. The normalized spacial score (nSPS) is 11.8. The fourth-order valence-corrected chi connectivity index (χ4v) is 3.54. The van der Waals surface area contributed by atoms with Crippen LogP contribution in [0.2, 0.25) is 5.02 Å². The number of aryl methyl sites for hydroxylation is 1. The number of ether oxygens (including phenoxy) is 1. The summed E-state index contributed by atoms with van der Waals surface area (Å²) in [5, 5.41) is 3.77. The Morgan fingerprint density at radius 1 is 1.17 bits per heavy atom. The Balaban J connectivity index is 1.76. The topological polar surface area (TPSA) is 90.3 Å². The lowest BCUT2D eigenvalue weighted by molar-refractivity contribution is -0.141. The molecule has 0 bridgehead atoms. The molecular formula is C22H22ClN3O4. The molecule has 0 unspecified atom stereocenters. The zero-order valence-corrected chi connectivity index (χ0v) is 17.5. The lowest BCUT2D eigenvalue weighted by Gasteiger charge is -2.20. The Bertz CT molecular complexity index is 1140. The fourth-order valence-electron chi connectivity index (χ4n) is 3.27. The van der Waals surface area contributed by atoms with Crippen molar-refractivity contribution in [1.82, 2.24) is 14.9 Å². The second kappa shape index (κ2) is 9.54. The van der Waals surface area contributed by atoms with Gasteiger partial charge in [0.25, 0.3) is 5.56 Å². The van der Waals surface area contributed by atoms with Crippen molar-refractivity contribution in [3.8, 4) is 0 Å². The van der Waals surface area contributed by atoms with Crippen LogP contribution < -0.4 is 10.9 Å². The number of carbonyl (C=O) groups is 2. The molecule has 0 spiro atoms.